The van der Waals surface area contributed by atoms with Gasteiger partial charge in [0.15, 0.2) is 0 Å². The zero-order chi connectivity index (χ0) is 11.8. The fourth-order valence-electron chi connectivity index (χ4n) is 1.71. The number of nitrogen functional groups attached to an aromatic ring is 1. The van der Waals surface area contributed by atoms with Gasteiger partial charge < -0.3 is 5.73 Å². The van der Waals surface area contributed by atoms with Gasteiger partial charge in [-0.15, -0.1) is 0 Å². The SMILES string of the molecule is N#Cc1cnn(-c2cc3[nH]ncc3cc2N)c1. The van der Waals surface area contributed by atoms with Crippen molar-refractivity contribution < 1.29 is 0 Å². The third kappa shape index (κ3) is 1.41. The molecule has 0 aliphatic heterocycles. The molecule has 0 spiro atoms. The van der Waals surface area contributed by atoms with E-state index >= 15 is 0 Å². The molecule has 3 rings (SSSR count). The fraction of sp³-hybridized carbons (Fsp3) is 0. The number of nitriles is 1. The van der Waals surface area contributed by atoms with Gasteiger partial charge in [-0.2, -0.15) is 15.5 Å². The van der Waals surface area contributed by atoms with Crippen LogP contribution in [-0.2, 0) is 0 Å². The lowest BCUT2D eigenvalue weighted by Crippen LogP contribution is -1.99. The Morgan fingerprint density at radius 2 is 2.24 bits per heavy atom. The molecule has 0 bridgehead atoms. The minimum atomic E-state index is 0.495. The summed E-state index contributed by atoms with van der Waals surface area (Å²) in [5.41, 5.74) is 8.63. The standard InChI is InChI=1S/C11H8N6/c12-3-7-4-15-17(6-7)11-2-10-8(1-9(11)13)5-14-16-10/h1-2,4-6H,13H2,(H,14,16). The Balaban J connectivity index is 2.22. The highest BCUT2D eigenvalue weighted by atomic mass is 15.3. The third-order valence-electron chi connectivity index (χ3n) is 2.55. The Morgan fingerprint density at radius 3 is 3.00 bits per heavy atom. The molecule has 0 fully saturated rings. The van der Waals surface area contributed by atoms with Crippen LogP contribution in [0.25, 0.3) is 16.6 Å². The van der Waals surface area contributed by atoms with E-state index in [2.05, 4.69) is 15.3 Å². The van der Waals surface area contributed by atoms with Crippen molar-refractivity contribution >= 4 is 16.6 Å². The van der Waals surface area contributed by atoms with Crippen LogP contribution in [0.15, 0.2) is 30.7 Å². The lowest BCUT2D eigenvalue weighted by Gasteiger charge is -2.05. The Hall–Kier alpha value is -2.81. The molecule has 3 N–H and O–H groups in total. The quantitative estimate of drug-likeness (QED) is 0.607. The summed E-state index contributed by atoms with van der Waals surface area (Å²) in [4.78, 5) is 0. The number of aromatic nitrogens is 4. The number of rotatable bonds is 1. The van der Waals surface area contributed by atoms with Crippen molar-refractivity contribution in [2.45, 2.75) is 0 Å². The monoisotopic (exact) mass is 224 g/mol. The van der Waals surface area contributed by atoms with Crippen LogP contribution >= 0.6 is 0 Å². The van der Waals surface area contributed by atoms with Gasteiger partial charge in [-0.05, 0) is 12.1 Å². The van der Waals surface area contributed by atoms with Gasteiger partial charge in [0.05, 0.1) is 34.8 Å². The Bertz CT molecular complexity index is 730. The first-order chi connectivity index (χ1) is 8.28. The minimum absolute atomic E-state index is 0.495. The van der Waals surface area contributed by atoms with Crippen LogP contribution in [0.3, 0.4) is 0 Å². The largest absolute Gasteiger partial charge is 0.397 e. The van der Waals surface area contributed by atoms with E-state index in [9.17, 15) is 0 Å². The molecule has 2 aromatic heterocycles. The average molecular weight is 224 g/mol. The summed E-state index contributed by atoms with van der Waals surface area (Å²) in [6.07, 6.45) is 4.84. The van der Waals surface area contributed by atoms with E-state index in [-0.39, 0.29) is 0 Å². The number of benzene rings is 1. The van der Waals surface area contributed by atoms with E-state index in [0.717, 1.165) is 16.6 Å². The molecule has 17 heavy (non-hydrogen) atoms. The van der Waals surface area contributed by atoms with Crippen LogP contribution in [0, 0.1) is 11.3 Å². The van der Waals surface area contributed by atoms with Crippen LogP contribution in [0.1, 0.15) is 5.56 Å². The fourth-order valence-corrected chi connectivity index (χ4v) is 1.71. The predicted octanol–water partition coefficient (Wildman–Crippen LogP) is 1.20. The van der Waals surface area contributed by atoms with Gasteiger partial charge >= 0.3 is 0 Å². The first kappa shape index (κ1) is 9.42. The molecule has 0 amide bonds. The summed E-state index contributed by atoms with van der Waals surface area (Å²) in [6.45, 7) is 0. The van der Waals surface area contributed by atoms with Crippen LogP contribution in [0.2, 0.25) is 0 Å². The molecule has 0 aliphatic carbocycles. The molecule has 0 saturated carbocycles. The maximum Gasteiger partial charge on any atom is 0.102 e. The molecule has 1 aromatic carbocycles. The third-order valence-corrected chi connectivity index (χ3v) is 2.55. The zero-order valence-electron chi connectivity index (χ0n) is 8.75. The van der Waals surface area contributed by atoms with E-state index in [0.29, 0.717) is 11.3 Å². The Labute approximate surface area is 96.3 Å². The van der Waals surface area contributed by atoms with Gasteiger partial charge in [0, 0.05) is 11.6 Å². The van der Waals surface area contributed by atoms with E-state index in [1.807, 2.05) is 18.2 Å². The number of fused-ring (bicyclic) bond motifs is 1. The predicted molar refractivity (Wildman–Crippen MR) is 62.3 cm³/mol. The number of nitrogens with two attached hydrogens (primary N) is 1. The number of anilines is 1. The summed E-state index contributed by atoms with van der Waals surface area (Å²) in [5, 5.41) is 20.6. The zero-order valence-corrected chi connectivity index (χ0v) is 8.75. The molecule has 3 aromatic rings. The van der Waals surface area contributed by atoms with Gasteiger partial charge in [0.2, 0.25) is 0 Å². The second-order valence-electron chi connectivity index (χ2n) is 3.65. The number of nitrogens with zero attached hydrogens (tertiary/aromatic N) is 4. The van der Waals surface area contributed by atoms with Crippen molar-refractivity contribution in [1.29, 1.82) is 5.26 Å². The van der Waals surface area contributed by atoms with Gasteiger partial charge in [-0.3, -0.25) is 5.10 Å². The number of H-pyrrole nitrogens is 1. The number of hydrogen-bond donors (Lipinski definition) is 2. The number of nitrogens with one attached hydrogen (secondary N) is 1. The number of aromatic amines is 1. The van der Waals surface area contributed by atoms with Crippen molar-refractivity contribution in [3.05, 3.63) is 36.3 Å². The highest BCUT2D eigenvalue weighted by molar-refractivity contribution is 5.85. The van der Waals surface area contributed by atoms with Crippen LogP contribution in [0.5, 0.6) is 0 Å². The van der Waals surface area contributed by atoms with E-state index in [4.69, 9.17) is 11.0 Å². The Kier molecular flexibility index (Phi) is 1.86. The first-order valence-corrected chi connectivity index (χ1v) is 4.95. The van der Waals surface area contributed by atoms with Crippen molar-refractivity contribution in [3.8, 4) is 11.8 Å². The van der Waals surface area contributed by atoms with E-state index < -0.39 is 0 Å². The Morgan fingerprint density at radius 1 is 1.35 bits per heavy atom. The molecule has 6 heteroatoms. The second-order valence-corrected chi connectivity index (χ2v) is 3.65. The smallest absolute Gasteiger partial charge is 0.102 e. The van der Waals surface area contributed by atoms with Crippen molar-refractivity contribution in [1.82, 2.24) is 20.0 Å². The van der Waals surface area contributed by atoms with Gasteiger partial charge in [0.25, 0.3) is 0 Å². The normalized spacial score (nSPS) is 10.5. The van der Waals surface area contributed by atoms with Crippen LogP contribution in [0.4, 0.5) is 5.69 Å². The molecule has 0 unspecified atom stereocenters. The molecule has 6 nitrogen and oxygen atoms in total. The molecule has 0 atom stereocenters. The molecule has 0 aliphatic rings. The van der Waals surface area contributed by atoms with Crippen molar-refractivity contribution in [2.75, 3.05) is 5.73 Å². The minimum Gasteiger partial charge on any atom is -0.397 e. The highest BCUT2D eigenvalue weighted by Gasteiger charge is 2.07. The molecule has 0 radical (unpaired) electrons. The molecule has 2 heterocycles. The van der Waals surface area contributed by atoms with Crippen LogP contribution in [-0.4, -0.2) is 20.0 Å². The maximum atomic E-state index is 8.76. The summed E-state index contributed by atoms with van der Waals surface area (Å²) in [5.74, 6) is 0. The summed E-state index contributed by atoms with van der Waals surface area (Å²) >= 11 is 0. The summed E-state index contributed by atoms with van der Waals surface area (Å²) in [7, 11) is 0. The average Bonchev–Trinajstić information content (AvgIpc) is 2.94. The van der Waals surface area contributed by atoms with Gasteiger partial charge in [0.1, 0.15) is 6.07 Å². The summed E-state index contributed by atoms with van der Waals surface area (Å²) in [6, 6.07) is 5.70. The topological polar surface area (TPSA) is 96.3 Å². The summed E-state index contributed by atoms with van der Waals surface area (Å²) < 4.78 is 1.58. The van der Waals surface area contributed by atoms with Crippen LogP contribution < -0.4 is 5.73 Å². The van der Waals surface area contributed by atoms with E-state index in [1.54, 1.807) is 17.1 Å². The van der Waals surface area contributed by atoms with Crippen molar-refractivity contribution in [3.63, 3.8) is 0 Å². The molecular formula is C11H8N6. The van der Waals surface area contributed by atoms with Gasteiger partial charge in [-0.1, -0.05) is 0 Å². The first-order valence-electron chi connectivity index (χ1n) is 4.95. The lowest BCUT2D eigenvalue weighted by molar-refractivity contribution is 0.884. The molecular weight excluding hydrogens is 216 g/mol. The highest BCUT2D eigenvalue weighted by Crippen LogP contribution is 2.23. The molecule has 82 valence electrons. The van der Waals surface area contributed by atoms with Gasteiger partial charge in [-0.25, -0.2) is 4.68 Å². The second kappa shape index (κ2) is 3.35. The van der Waals surface area contributed by atoms with E-state index in [1.165, 1.54) is 6.20 Å². The lowest BCUT2D eigenvalue weighted by atomic mass is 10.2. The van der Waals surface area contributed by atoms with Crippen molar-refractivity contribution in [2.24, 2.45) is 0 Å². The number of hydrogen-bond acceptors (Lipinski definition) is 4. The maximum absolute atomic E-state index is 8.76. The molecule has 0 saturated heterocycles.